The Morgan fingerprint density at radius 1 is 1.27 bits per heavy atom. The molecule has 0 aliphatic carbocycles. The Morgan fingerprint density at radius 3 is 2.69 bits per heavy atom. The second kappa shape index (κ2) is 9.30. The van der Waals surface area contributed by atoms with Gasteiger partial charge < -0.3 is 10.1 Å². The van der Waals surface area contributed by atoms with E-state index in [-0.39, 0.29) is 17.5 Å². The fourth-order valence-electron chi connectivity index (χ4n) is 2.93. The number of ether oxygens (including phenoxy) is 1. The fraction of sp³-hybridized carbons (Fsp3) is 0.300. The van der Waals surface area contributed by atoms with Crippen LogP contribution < -0.4 is 5.32 Å². The zero-order valence-electron chi connectivity index (χ0n) is 14.4. The van der Waals surface area contributed by atoms with Gasteiger partial charge in [0.15, 0.2) is 0 Å². The average Bonchev–Trinajstić information content (AvgIpc) is 3.22. The molecular weight excluding hydrogens is 346 g/mol. The van der Waals surface area contributed by atoms with Gasteiger partial charge in [0, 0.05) is 24.5 Å². The van der Waals surface area contributed by atoms with E-state index in [4.69, 9.17) is 4.74 Å². The molecule has 1 aliphatic rings. The molecule has 0 spiro atoms. The summed E-state index contributed by atoms with van der Waals surface area (Å²) in [6.07, 6.45) is 1.62. The number of hydrogen-bond acceptors (Lipinski definition) is 5. The summed E-state index contributed by atoms with van der Waals surface area (Å²) >= 11 is 1.68. The molecule has 5 nitrogen and oxygen atoms in total. The van der Waals surface area contributed by atoms with Crippen LogP contribution in [0.25, 0.3) is 6.08 Å². The lowest BCUT2D eigenvalue weighted by molar-refractivity contribution is -0.117. The van der Waals surface area contributed by atoms with E-state index in [9.17, 15) is 10.1 Å². The summed E-state index contributed by atoms with van der Waals surface area (Å²) in [5.74, 6) is -0.342. The minimum atomic E-state index is -0.342. The quantitative estimate of drug-likeness (QED) is 0.630. The fourth-order valence-corrected chi connectivity index (χ4v) is 3.79. The van der Waals surface area contributed by atoms with E-state index in [2.05, 4.69) is 16.3 Å². The van der Waals surface area contributed by atoms with Crippen molar-refractivity contribution in [2.24, 2.45) is 0 Å². The Morgan fingerprint density at radius 2 is 2.04 bits per heavy atom. The number of hydrogen-bond donors (Lipinski definition) is 1. The zero-order valence-corrected chi connectivity index (χ0v) is 15.2. The smallest absolute Gasteiger partial charge is 0.262 e. The third-order valence-corrected chi connectivity index (χ3v) is 5.26. The van der Waals surface area contributed by atoms with Crippen LogP contribution in [0.3, 0.4) is 0 Å². The standard InChI is InChI=1S/C20H21N3O2S/c21-14-17(13-16-5-2-1-3-6-16)20(24)22-15-18(19-7-4-12-26-19)23-8-10-25-11-9-23/h1-7,12-13,18H,8-11,15H2,(H,22,24)/b17-13-/t18-/m0/s1. The van der Waals surface area contributed by atoms with E-state index >= 15 is 0 Å². The van der Waals surface area contributed by atoms with Gasteiger partial charge in [-0.05, 0) is 23.1 Å². The molecule has 1 aromatic carbocycles. The Hall–Kier alpha value is -2.46. The lowest BCUT2D eigenvalue weighted by Crippen LogP contribution is -2.43. The normalized spacial score (nSPS) is 16.7. The van der Waals surface area contributed by atoms with Crippen molar-refractivity contribution in [2.75, 3.05) is 32.8 Å². The number of carbonyl (C=O) groups is 1. The number of morpholine rings is 1. The molecular formula is C20H21N3O2S. The molecule has 0 radical (unpaired) electrons. The molecule has 1 atom stereocenters. The molecule has 6 heteroatoms. The molecule has 1 amide bonds. The number of rotatable bonds is 6. The van der Waals surface area contributed by atoms with Gasteiger partial charge >= 0.3 is 0 Å². The highest BCUT2D eigenvalue weighted by Gasteiger charge is 2.24. The van der Waals surface area contributed by atoms with Crippen molar-refractivity contribution in [2.45, 2.75) is 6.04 Å². The first-order valence-corrected chi connectivity index (χ1v) is 9.46. The van der Waals surface area contributed by atoms with E-state index in [0.717, 1.165) is 18.7 Å². The van der Waals surface area contributed by atoms with Crippen LogP contribution in [0, 0.1) is 11.3 Å². The van der Waals surface area contributed by atoms with Gasteiger partial charge in [-0.25, -0.2) is 0 Å². The number of nitriles is 1. The maximum absolute atomic E-state index is 12.5. The molecule has 1 aromatic heterocycles. The van der Waals surface area contributed by atoms with Gasteiger partial charge in [-0.2, -0.15) is 5.26 Å². The van der Waals surface area contributed by atoms with Gasteiger partial charge in [0.25, 0.3) is 5.91 Å². The number of amides is 1. The highest BCUT2D eigenvalue weighted by Crippen LogP contribution is 2.25. The van der Waals surface area contributed by atoms with E-state index in [1.54, 1.807) is 17.4 Å². The third-order valence-electron chi connectivity index (χ3n) is 4.29. The van der Waals surface area contributed by atoms with E-state index in [1.807, 2.05) is 47.8 Å². The Balaban J connectivity index is 1.68. The van der Waals surface area contributed by atoms with Crippen LogP contribution in [0.15, 0.2) is 53.4 Å². The lowest BCUT2D eigenvalue weighted by atomic mass is 10.1. The van der Waals surface area contributed by atoms with Crippen LogP contribution in [0.4, 0.5) is 0 Å². The van der Waals surface area contributed by atoms with Gasteiger partial charge in [-0.3, -0.25) is 9.69 Å². The predicted octanol–water partition coefficient (Wildman–Crippen LogP) is 2.84. The highest BCUT2D eigenvalue weighted by atomic mass is 32.1. The zero-order chi connectivity index (χ0) is 18.2. The number of nitrogens with zero attached hydrogens (tertiary/aromatic N) is 2. The summed E-state index contributed by atoms with van der Waals surface area (Å²) in [6.45, 7) is 3.54. The van der Waals surface area contributed by atoms with Crippen molar-refractivity contribution in [3.8, 4) is 6.07 Å². The SMILES string of the molecule is N#C/C(=C/c1ccccc1)C(=O)NC[C@@H](c1cccs1)N1CCOCC1. The molecule has 2 aromatic rings. The van der Waals surface area contributed by atoms with Gasteiger partial charge in [0.05, 0.1) is 19.3 Å². The summed E-state index contributed by atoms with van der Waals surface area (Å²) in [7, 11) is 0. The largest absolute Gasteiger partial charge is 0.379 e. The molecule has 0 bridgehead atoms. The summed E-state index contributed by atoms with van der Waals surface area (Å²) in [4.78, 5) is 16.0. The van der Waals surface area contributed by atoms with Crippen molar-refractivity contribution in [3.63, 3.8) is 0 Å². The maximum atomic E-state index is 12.5. The van der Waals surface area contributed by atoms with Crippen molar-refractivity contribution in [3.05, 3.63) is 63.9 Å². The molecule has 1 aliphatic heterocycles. The number of thiophene rings is 1. The second-order valence-electron chi connectivity index (χ2n) is 5.97. The average molecular weight is 367 g/mol. The minimum Gasteiger partial charge on any atom is -0.379 e. The third kappa shape index (κ3) is 4.79. The van der Waals surface area contributed by atoms with Crippen LogP contribution in [-0.2, 0) is 9.53 Å². The number of nitrogens with one attached hydrogen (secondary N) is 1. The Kier molecular flexibility index (Phi) is 6.56. The summed E-state index contributed by atoms with van der Waals surface area (Å²) < 4.78 is 5.44. The number of benzene rings is 1. The monoisotopic (exact) mass is 367 g/mol. The van der Waals surface area contributed by atoms with Gasteiger partial charge in [-0.15, -0.1) is 11.3 Å². The van der Waals surface area contributed by atoms with Gasteiger partial charge in [0.2, 0.25) is 0 Å². The molecule has 134 valence electrons. The van der Waals surface area contributed by atoms with Gasteiger partial charge in [0.1, 0.15) is 11.6 Å². The van der Waals surface area contributed by atoms with Crippen molar-refractivity contribution >= 4 is 23.3 Å². The molecule has 1 saturated heterocycles. The molecule has 1 N–H and O–H groups in total. The Bertz CT molecular complexity index is 775. The highest BCUT2D eigenvalue weighted by molar-refractivity contribution is 7.10. The predicted molar refractivity (Wildman–Crippen MR) is 102 cm³/mol. The molecule has 3 rings (SSSR count). The summed E-state index contributed by atoms with van der Waals surface area (Å²) in [6, 6.07) is 15.6. The van der Waals surface area contributed by atoms with Crippen LogP contribution >= 0.6 is 11.3 Å². The first-order chi connectivity index (χ1) is 12.8. The molecule has 1 fully saturated rings. The molecule has 0 unspecified atom stereocenters. The number of carbonyl (C=O) groups excluding carboxylic acids is 1. The van der Waals surface area contributed by atoms with Crippen LogP contribution in [0.1, 0.15) is 16.5 Å². The second-order valence-corrected chi connectivity index (χ2v) is 6.95. The molecule has 2 heterocycles. The first kappa shape index (κ1) is 18.3. The van der Waals surface area contributed by atoms with Crippen molar-refractivity contribution < 1.29 is 9.53 Å². The van der Waals surface area contributed by atoms with Gasteiger partial charge in [-0.1, -0.05) is 36.4 Å². The first-order valence-electron chi connectivity index (χ1n) is 8.58. The van der Waals surface area contributed by atoms with Crippen molar-refractivity contribution in [1.29, 1.82) is 5.26 Å². The van der Waals surface area contributed by atoms with Crippen LogP contribution in [-0.4, -0.2) is 43.7 Å². The van der Waals surface area contributed by atoms with Crippen LogP contribution in [0.5, 0.6) is 0 Å². The minimum absolute atomic E-state index is 0.0968. The maximum Gasteiger partial charge on any atom is 0.262 e. The van der Waals surface area contributed by atoms with E-state index in [0.29, 0.717) is 19.8 Å². The molecule has 26 heavy (non-hydrogen) atoms. The topological polar surface area (TPSA) is 65.4 Å². The van der Waals surface area contributed by atoms with Crippen LogP contribution in [0.2, 0.25) is 0 Å². The summed E-state index contributed by atoms with van der Waals surface area (Å²) in [5.41, 5.74) is 0.949. The van der Waals surface area contributed by atoms with E-state index < -0.39 is 0 Å². The molecule has 0 saturated carbocycles. The Labute approximate surface area is 157 Å². The van der Waals surface area contributed by atoms with E-state index in [1.165, 1.54) is 4.88 Å². The van der Waals surface area contributed by atoms with Crippen molar-refractivity contribution in [1.82, 2.24) is 10.2 Å². The summed E-state index contributed by atoms with van der Waals surface area (Å²) in [5, 5.41) is 14.3. The lowest BCUT2D eigenvalue weighted by Gasteiger charge is -2.34.